The molecule has 0 fully saturated rings. The number of amides is 1. The summed E-state index contributed by atoms with van der Waals surface area (Å²) < 4.78 is 3.83. The third-order valence-corrected chi connectivity index (χ3v) is 3.65. The van der Waals surface area contributed by atoms with Gasteiger partial charge in [0.15, 0.2) is 0 Å². The maximum absolute atomic E-state index is 12.0. The van der Waals surface area contributed by atoms with Crippen molar-refractivity contribution in [3.8, 4) is 11.8 Å². The number of carbonyl (C=O) groups is 1. The SMILES string of the molecule is CCCc1nnsc1C(=O)NCC#Cc1cccc(Cl)c1. The molecule has 0 aliphatic rings. The van der Waals surface area contributed by atoms with Crippen molar-refractivity contribution < 1.29 is 4.79 Å². The van der Waals surface area contributed by atoms with Crippen molar-refractivity contribution >= 4 is 29.0 Å². The highest BCUT2D eigenvalue weighted by molar-refractivity contribution is 7.08. The number of nitrogens with one attached hydrogen (secondary N) is 1. The van der Waals surface area contributed by atoms with Crippen molar-refractivity contribution in [1.29, 1.82) is 0 Å². The Kier molecular flexibility index (Phi) is 5.73. The summed E-state index contributed by atoms with van der Waals surface area (Å²) in [4.78, 5) is 12.6. The van der Waals surface area contributed by atoms with Gasteiger partial charge in [-0.15, -0.1) is 5.10 Å². The van der Waals surface area contributed by atoms with Crippen LogP contribution in [-0.2, 0) is 6.42 Å². The zero-order chi connectivity index (χ0) is 15.1. The summed E-state index contributed by atoms with van der Waals surface area (Å²) in [5, 5.41) is 7.37. The van der Waals surface area contributed by atoms with Gasteiger partial charge in [-0.2, -0.15) is 0 Å². The summed E-state index contributed by atoms with van der Waals surface area (Å²) >= 11 is 6.99. The lowest BCUT2D eigenvalue weighted by Crippen LogP contribution is -2.23. The first kappa shape index (κ1) is 15.5. The van der Waals surface area contributed by atoms with Gasteiger partial charge in [-0.3, -0.25) is 4.79 Å². The van der Waals surface area contributed by atoms with Crippen LogP contribution in [0.2, 0.25) is 5.02 Å². The highest BCUT2D eigenvalue weighted by Crippen LogP contribution is 2.12. The lowest BCUT2D eigenvalue weighted by Gasteiger charge is -1.99. The van der Waals surface area contributed by atoms with E-state index in [9.17, 15) is 4.79 Å². The molecule has 108 valence electrons. The maximum atomic E-state index is 12.0. The van der Waals surface area contributed by atoms with Gasteiger partial charge in [-0.25, -0.2) is 0 Å². The van der Waals surface area contributed by atoms with Crippen molar-refractivity contribution in [2.45, 2.75) is 19.8 Å². The zero-order valence-corrected chi connectivity index (χ0v) is 13.1. The molecule has 0 spiro atoms. The Bertz CT molecular complexity index is 687. The first-order chi connectivity index (χ1) is 10.2. The molecular weight excluding hydrogens is 306 g/mol. The van der Waals surface area contributed by atoms with Gasteiger partial charge in [0.05, 0.1) is 12.2 Å². The van der Waals surface area contributed by atoms with Crippen molar-refractivity contribution in [2.75, 3.05) is 6.54 Å². The predicted octanol–water partition coefficient (Wildman–Crippen LogP) is 2.93. The normalized spacial score (nSPS) is 9.81. The summed E-state index contributed by atoms with van der Waals surface area (Å²) in [6.45, 7) is 2.31. The van der Waals surface area contributed by atoms with Gasteiger partial charge >= 0.3 is 0 Å². The van der Waals surface area contributed by atoms with E-state index < -0.39 is 0 Å². The van der Waals surface area contributed by atoms with Crippen molar-refractivity contribution in [1.82, 2.24) is 14.9 Å². The molecule has 2 rings (SSSR count). The highest BCUT2D eigenvalue weighted by Gasteiger charge is 2.14. The van der Waals surface area contributed by atoms with Gasteiger partial charge in [-0.05, 0) is 36.2 Å². The number of carbonyl (C=O) groups excluding carboxylic acids is 1. The molecule has 1 N–H and O–H groups in total. The molecule has 0 saturated heterocycles. The second-order valence-corrected chi connectivity index (χ2v) is 5.48. The summed E-state index contributed by atoms with van der Waals surface area (Å²) in [5.41, 5.74) is 1.57. The van der Waals surface area contributed by atoms with E-state index in [1.54, 1.807) is 12.1 Å². The van der Waals surface area contributed by atoms with Gasteiger partial charge in [0.2, 0.25) is 0 Å². The molecule has 1 aromatic heterocycles. The van der Waals surface area contributed by atoms with Crippen molar-refractivity contribution in [3.05, 3.63) is 45.4 Å². The fraction of sp³-hybridized carbons (Fsp3) is 0.267. The first-order valence-electron chi connectivity index (χ1n) is 6.54. The standard InChI is InChI=1S/C15H14ClN3OS/c1-2-5-13-14(21-19-18-13)15(20)17-9-4-7-11-6-3-8-12(16)10-11/h3,6,8,10H,2,5,9H2,1H3,(H,17,20). The second kappa shape index (κ2) is 7.77. The van der Waals surface area contributed by atoms with Crippen molar-refractivity contribution in [2.24, 2.45) is 0 Å². The van der Waals surface area contributed by atoms with E-state index in [1.165, 1.54) is 0 Å². The van der Waals surface area contributed by atoms with Crippen LogP contribution in [0.5, 0.6) is 0 Å². The number of hydrogen-bond donors (Lipinski definition) is 1. The molecule has 2 aromatic rings. The van der Waals surface area contributed by atoms with E-state index in [0.717, 1.165) is 35.6 Å². The third kappa shape index (κ3) is 4.55. The molecule has 6 heteroatoms. The Morgan fingerprint density at radius 3 is 3.10 bits per heavy atom. The first-order valence-corrected chi connectivity index (χ1v) is 7.69. The van der Waals surface area contributed by atoms with Crippen LogP contribution in [0.3, 0.4) is 0 Å². The van der Waals surface area contributed by atoms with Crippen LogP contribution in [0, 0.1) is 11.8 Å². The quantitative estimate of drug-likeness (QED) is 0.882. The second-order valence-electron chi connectivity index (χ2n) is 4.29. The number of aromatic nitrogens is 2. The molecule has 0 aliphatic carbocycles. The van der Waals surface area contributed by atoms with E-state index in [1.807, 2.05) is 19.1 Å². The van der Waals surface area contributed by atoms with Crippen LogP contribution >= 0.6 is 23.1 Å². The lowest BCUT2D eigenvalue weighted by atomic mass is 10.2. The fourth-order valence-corrected chi connectivity index (χ4v) is 2.51. The molecule has 1 amide bonds. The molecule has 0 unspecified atom stereocenters. The molecule has 0 atom stereocenters. The third-order valence-electron chi connectivity index (χ3n) is 2.64. The molecule has 0 radical (unpaired) electrons. The van der Waals surface area contributed by atoms with E-state index in [0.29, 0.717) is 9.90 Å². The number of halogens is 1. The van der Waals surface area contributed by atoms with Gasteiger partial charge < -0.3 is 5.32 Å². The topological polar surface area (TPSA) is 54.9 Å². The summed E-state index contributed by atoms with van der Waals surface area (Å²) in [6.07, 6.45) is 1.69. The predicted molar refractivity (Wildman–Crippen MR) is 84.6 cm³/mol. The molecule has 0 bridgehead atoms. The van der Waals surface area contributed by atoms with Gasteiger partial charge in [0.1, 0.15) is 4.88 Å². The molecule has 0 aliphatic heterocycles. The Balaban J connectivity index is 1.92. The van der Waals surface area contributed by atoms with Crippen LogP contribution in [-0.4, -0.2) is 22.0 Å². The highest BCUT2D eigenvalue weighted by atomic mass is 35.5. The summed E-state index contributed by atoms with van der Waals surface area (Å²) in [7, 11) is 0. The molecular formula is C15H14ClN3OS. The smallest absolute Gasteiger partial charge is 0.265 e. The maximum Gasteiger partial charge on any atom is 0.265 e. The largest absolute Gasteiger partial charge is 0.340 e. The average Bonchev–Trinajstić information content (AvgIpc) is 2.92. The minimum absolute atomic E-state index is 0.172. The molecule has 1 aromatic carbocycles. The summed E-state index contributed by atoms with van der Waals surface area (Å²) in [6, 6.07) is 7.28. The number of aryl methyl sites for hydroxylation is 1. The van der Waals surface area contributed by atoms with Crippen LogP contribution in [0.4, 0.5) is 0 Å². The minimum Gasteiger partial charge on any atom is -0.340 e. The molecule has 1 heterocycles. The number of rotatable bonds is 4. The van der Waals surface area contributed by atoms with Gasteiger partial charge in [-0.1, -0.05) is 47.3 Å². The van der Waals surface area contributed by atoms with E-state index in [-0.39, 0.29) is 12.5 Å². The number of nitrogens with zero attached hydrogens (tertiary/aromatic N) is 2. The molecule has 0 saturated carbocycles. The van der Waals surface area contributed by atoms with Crippen LogP contribution in [0.1, 0.15) is 34.3 Å². The van der Waals surface area contributed by atoms with E-state index >= 15 is 0 Å². The Labute approximate surface area is 132 Å². The Morgan fingerprint density at radius 1 is 1.48 bits per heavy atom. The Morgan fingerprint density at radius 2 is 2.33 bits per heavy atom. The van der Waals surface area contributed by atoms with E-state index in [4.69, 9.17) is 11.6 Å². The zero-order valence-electron chi connectivity index (χ0n) is 11.5. The van der Waals surface area contributed by atoms with Crippen LogP contribution in [0.25, 0.3) is 0 Å². The monoisotopic (exact) mass is 319 g/mol. The number of benzene rings is 1. The average molecular weight is 320 g/mol. The molecule has 21 heavy (non-hydrogen) atoms. The van der Waals surface area contributed by atoms with Crippen LogP contribution in [0.15, 0.2) is 24.3 Å². The van der Waals surface area contributed by atoms with Gasteiger partial charge in [0, 0.05) is 10.6 Å². The van der Waals surface area contributed by atoms with Crippen LogP contribution < -0.4 is 5.32 Å². The fourth-order valence-electron chi connectivity index (χ4n) is 1.70. The van der Waals surface area contributed by atoms with Crippen molar-refractivity contribution in [3.63, 3.8) is 0 Å². The minimum atomic E-state index is -0.172. The Hall–Kier alpha value is -1.90. The number of hydrogen-bond acceptors (Lipinski definition) is 4. The van der Waals surface area contributed by atoms with Gasteiger partial charge in [0.25, 0.3) is 5.91 Å². The summed E-state index contributed by atoms with van der Waals surface area (Å²) in [5.74, 6) is 5.67. The lowest BCUT2D eigenvalue weighted by molar-refractivity contribution is 0.0961. The molecule has 4 nitrogen and oxygen atoms in total. The van der Waals surface area contributed by atoms with E-state index in [2.05, 4.69) is 26.7 Å².